The lowest BCUT2D eigenvalue weighted by Gasteiger charge is -2.34. The van der Waals surface area contributed by atoms with Crippen LogP contribution in [-0.2, 0) is 16.1 Å². The van der Waals surface area contributed by atoms with Crippen molar-refractivity contribution in [3.8, 4) is 0 Å². The topological polar surface area (TPSA) is 113 Å². The van der Waals surface area contributed by atoms with Gasteiger partial charge in [-0.05, 0) is 30.9 Å². The Bertz CT molecular complexity index is 576. The zero-order valence-electron chi connectivity index (χ0n) is 14.4. The predicted molar refractivity (Wildman–Crippen MR) is 105 cm³/mol. The van der Waals surface area contributed by atoms with Crippen molar-refractivity contribution in [2.24, 2.45) is 16.6 Å². The summed E-state index contributed by atoms with van der Waals surface area (Å²) in [5.41, 5.74) is 5.29. The van der Waals surface area contributed by atoms with Crippen LogP contribution < -0.4 is 16.4 Å². The number of carbonyl (C=O) groups is 2. The molecule has 2 amide bonds. The zero-order chi connectivity index (χ0) is 17.4. The van der Waals surface area contributed by atoms with Crippen LogP contribution >= 0.6 is 24.0 Å². The van der Waals surface area contributed by atoms with Crippen LogP contribution in [0.15, 0.2) is 27.8 Å². The van der Waals surface area contributed by atoms with E-state index in [4.69, 9.17) is 10.2 Å². The number of piperidine rings is 1. The third-order valence-corrected chi connectivity index (χ3v) is 3.97. The maximum Gasteiger partial charge on any atom is 0.239 e. The number of hydrogen-bond acceptors (Lipinski definition) is 4. The molecule has 9 heteroatoms. The van der Waals surface area contributed by atoms with Gasteiger partial charge in [-0.25, -0.2) is 0 Å². The minimum Gasteiger partial charge on any atom is -0.467 e. The van der Waals surface area contributed by atoms with Crippen molar-refractivity contribution in [3.05, 3.63) is 24.2 Å². The number of furan rings is 1. The lowest BCUT2D eigenvalue weighted by Crippen LogP contribution is -2.49. The van der Waals surface area contributed by atoms with Crippen LogP contribution in [0.25, 0.3) is 0 Å². The molecule has 1 atom stereocenters. The lowest BCUT2D eigenvalue weighted by molar-refractivity contribution is -0.120. The van der Waals surface area contributed by atoms with Crippen LogP contribution in [0, 0.1) is 5.92 Å². The number of nitrogens with zero attached hydrogens (tertiary/aromatic N) is 2. The Balaban J connectivity index is 0.00000312. The molecule has 0 aromatic carbocycles. The Morgan fingerprint density at radius 1 is 1.44 bits per heavy atom. The van der Waals surface area contributed by atoms with Gasteiger partial charge in [-0.1, -0.05) is 0 Å². The summed E-state index contributed by atoms with van der Waals surface area (Å²) in [6.07, 6.45) is 3.92. The summed E-state index contributed by atoms with van der Waals surface area (Å²) >= 11 is 0. The minimum absolute atomic E-state index is 0. The molecule has 0 aliphatic carbocycles. The Morgan fingerprint density at radius 2 is 2.24 bits per heavy atom. The molecule has 1 aromatic heterocycles. The van der Waals surface area contributed by atoms with E-state index in [-0.39, 0.29) is 48.3 Å². The van der Waals surface area contributed by atoms with E-state index in [9.17, 15) is 9.59 Å². The number of guanidine groups is 1. The first-order valence-electron chi connectivity index (χ1n) is 8.11. The lowest BCUT2D eigenvalue weighted by atomic mass is 9.95. The van der Waals surface area contributed by atoms with Gasteiger partial charge in [0.05, 0.1) is 19.4 Å². The number of nitrogens with one attached hydrogen (secondary N) is 2. The highest BCUT2D eigenvalue weighted by Crippen LogP contribution is 2.19. The highest BCUT2D eigenvalue weighted by molar-refractivity contribution is 14.0. The standard InChI is InChI=1S/C16H25N5O3.HI/c1-18-16(21-6-2-4-12(11-21)8-14(17)22)20-10-15(23)19-9-13-5-3-7-24-13;/h3,5,7,12H,2,4,6,8-11H2,1H3,(H2,17,22)(H,18,20)(H,19,23);1H. The molecule has 0 radical (unpaired) electrons. The second-order valence-corrected chi connectivity index (χ2v) is 5.88. The highest BCUT2D eigenvalue weighted by Gasteiger charge is 2.23. The molecular formula is C16H26IN5O3. The van der Waals surface area contributed by atoms with Crippen LogP contribution in [-0.4, -0.2) is 49.4 Å². The first-order chi connectivity index (χ1) is 11.6. The third-order valence-electron chi connectivity index (χ3n) is 3.97. The largest absolute Gasteiger partial charge is 0.467 e. The summed E-state index contributed by atoms with van der Waals surface area (Å²) < 4.78 is 5.16. The summed E-state index contributed by atoms with van der Waals surface area (Å²) in [7, 11) is 1.68. The molecule has 0 bridgehead atoms. The van der Waals surface area contributed by atoms with Crippen LogP contribution in [0.3, 0.4) is 0 Å². The average Bonchev–Trinajstić information content (AvgIpc) is 3.07. The first kappa shape index (κ1) is 21.3. The molecule has 4 N–H and O–H groups in total. The molecule has 1 fully saturated rings. The summed E-state index contributed by atoms with van der Waals surface area (Å²) in [5.74, 6) is 1.19. The zero-order valence-corrected chi connectivity index (χ0v) is 16.7. The van der Waals surface area contributed by atoms with E-state index in [0.29, 0.717) is 24.7 Å². The molecule has 25 heavy (non-hydrogen) atoms. The average molecular weight is 463 g/mol. The van der Waals surface area contributed by atoms with Gasteiger partial charge in [-0.15, -0.1) is 24.0 Å². The van der Waals surface area contributed by atoms with Crippen molar-refractivity contribution in [2.45, 2.75) is 25.8 Å². The number of primary amides is 1. The molecule has 1 aliphatic rings. The highest BCUT2D eigenvalue weighted by atomic mass is 127. The van der Waals surface area contributed by atoms with Gasteiger partial charge in [-0.3, -0.25) is 14.6 Å². The predicted octanol–water partition coefficient (Wildman–Crippen LogP) is 0.677. The Labute approximate surface area is 164 Å². The molecule has 1 aromatic rings. The van der Waals surface area contributed by atoms with Crippen LogP contribution in [0.2, 0.25) is 0 Å². The number of likely N-dealkylation sites (tertiary alicyclic amines) is 1. The molecule has 8 nitrogen and oxygen atoms in total. The maximum absolute atomic E-state index is 11.9. The van der Waals surface area contributed by atoms with Crippen LogP contribution in [0.1, 0.15) is 25.0 Å². The van der Waals surface area contributed by atoms with Gasteiger partial charge in [0, 0.05) is 26.6 Å². The number of amides is 2. The number of aliphatic imine (C=N–C) groups is 1. The van der Waals surface area contributed by atoms with E-state index in [1.807, 2.05) is 0 Å². The number of halogens is 1. The van der Waals surface area contributed by atoms with Crippen molar-refractivity contribution in [2.75, 3.05) is 26.7 Å². The molecule has 140 valence electrons. The van der Waals surface area contributed by atoms with E-state index in [0.717, 1.165) is 25.9 Å². The SMILES string of the molecule is CN=C(NCC(=O)NCc1ccco1)N1CCCC(CC(N)=O)C1.I. The monoisotopic (exact) mass is 463 g/mol. The molecule has 1 saturated heterocycles. The third kappa shape index (κ3) is 7.32. The fraction of sp³-hybridized carbons (Fsp3) is 0.562. The molecule has 2 heterocycles. The van der Waals surface area contributed by atoms with Crippen LogP contribution in [0.5, 0.6) is 0 Å². The maximum atomic E-state index is 11.9. The van der Waals surface area contributed by atoms with Crippen molar-refractivity contribution >= 4 is 41.8 Å². The van der Waals surface area contributed by atoms with E-state index in [2.05, 4.69) is 20.5 Å². The van der Waals surface area contributed by atoms with Gasteiger partial charge >= 0.3 is 0 Å². The van der Waals surface area contributed by atoms with Gasteiger partial charge in [0.2, 0.25) is 11.8 Å². The summed E-state index contributed by atoms with van der Waals surface area (Å²) in [6, 6.07) is 3.58. The molecule has 1 aliphatic heterocycles. The van der Waals surface area contributed by atoms with Crippen molar-refractivity contribution < 1.29 is 14.0 Å². The first-order valence-corrected chi connectivity index (χ1v) is 8.11. The normalized spacial score (nSPS) is 17.6. The fourth-order valence-corrected chi connectivity index (χ4v) is 2.86. The Kier molecular flexibility index (Phi) is 9.32. The summed E-state index contributed by atoms with van der Waals surface area (Å²) in [4.78, 5) is 29.3. The number of hydrogen-bond donors (Lipinski definition) is 3. The summed E-state index contributed by atoms with van der Waals surface area (Å²) in [6.45, 7) is 2.06. The molecular weight excluding hydrogens is 437 g/mol. The Hall–Kier alpha value is -1.78. The van der Waals surface area contributed by atoms with E-state index in [1.54, 1.807) is 25.4 Å². The second-order valence-electron chi connectivity index (χ2n) is 5.88. The number of rotatable bonds is 6. The van der Waals surface area contributed by atoms with Gasteiger partial charge in [-0.2, -0.15) is 0 Å². The smallest absolute Gasteiger partial charge is 0.239 e. The summed E-state index contributed by atoms with van der Waals surface area (Å²) in [5, 5.41) is 5.83. The van der Waals surface area contributed by atoms with Gasteiger partial charge < -0.3 is 25.7 Å². The number of carbonyl (C=O) groups excluding carboxylic acids is 2. The fourth-order valence-electron chi connectivity index (χ4n) is 2.86. The van der Waals surface area contributed by atoms with Gasteiger partial charge in [0.1, 0.15) is 5.76 Å². The minimum atomic E-state index is -0.276. The number of nitrogens with two attached hydrogens (primary N) is 1. The Morgan fingerprint density at radius 3 is 2.88 bits per heavy atom. The molecule has 0 saturated carbocycles. The van der Waals surface area contributed by atoms with Crippen LogP contribution in [0.4, 0.5) is 0 Å². The van der Waals surface area contributed by atoms with Gasteiger partial charge in [0.25, 0.3) is 0 Å². The van der Waals surface area contributed by atoms with E-state index in [1.165, 1.54) is 0 Å². The quantitative estimate of drug-likeness (QED) is 0.326. The van der Waals surface area contributed by atoms with Gasteiger partial charge in [0.15, 0.2) is 5.96 Å². The molecule has 0 spiro atoms. The molecule has 2 rings (SSSR count). The van der Waals surface area contributed by atoms with Crippen molar-refractivity contribution in [1.82, 2.24) is 15.5 Å². The second kappa shape index (κ2) is 11.0. The van der Waals surface area contributed by atoms with E-state index >= 15 is 0 Å². The van der Waals surface area contributed by atoms with Crippen molar-refractivity contribution in [1.29, 1.82) is 0 Å². The van der Waals surface area contributed by atoms with E-state index < -0.39 is 0 Å². The molecule has 1 unspecified atom stereocenters. The van der Waals surface area contributed by atoms with Crippen molar-refractivity contribution in [3.63, 3.8) is 0 Å².